The molecule has 0 saturated heterocycles. The van der Waals surface area contributed by atoms with Crippen LogP contribution in [0.4, 0.5) is 0 Å². The van der Waals surface area contributed by atoms with Gasteiger partial charge in [-0.15, -0.1) is 0 Å². The second-order valence-electron chi connectivity index (χ2n) is 5.50. The number of aromatic amines is 1. The van der Waals surface area contributed by atoms with Crippen molar-refractivity contribution in [2.75, 3.05) is 0 Å². The van der Waals surface area contributed by atoms with E-state index in [1.54, 1.807) is 20.9 Å². The molecule has 7 heteroatoms. The third kappa shape index (κ3) is 3.23. The lowest BCUT2D eigenvalue weighted by Crippen LogP contribution is -2.25. The fourth-order valence-electron chi connectivity index (χ4n) is 2.54. The van der Waals surface area contributed by atoms with Gasteiger partial charge in [0, 0.05) is 24.5 Å². The van der Waals surface area contributed by atoms with Crippen LogP contribution in [0.5, 0.6) is 0 Å². The van der Waals surface area contributed by atoms with E-state index < -0.39 is 12.1 Å². The SMILES string of the molecule is CC(=O)c1c(C)[nH]c(C(=O)[C@@H](C)OC(=O)c2cnn(C)c2)c1C. The van der Waals surface area contributed by atoms with Gasteiger partial charge >= 0.3 is 5.97 Å². The van der Waals surface area contributed by atoms with Crippen LogP contribution in [0, 0.1) is 13.8 Å². The molecule has 0 saturated carbocycles. The van der Waals surface area contributed by atoms with Crippen molar-refractivity contribution in [3.05, 3.63) is 40.5 Å². The molecule has 0 bridgehead atoms. The zero-order valence-electron chi connectivity index (χ0n) is 13.8. The third-order valence-corrected chi connectivity index (χ3v) is 3.63. The molecule has 2 aromatic heterocycles. The van der Waals surface area contributed by atoms with E-state index in [0.717, 1.165) is 0 Å². The number of ketones is 2. The van der Waals surface area contributed by atoms with E-state index in [1.165, 1.54) is 30.9 Å². The van der Waals surface area contributed by atoms with Crippen molar-refractivity contribution >= 4 is 17.5 Å². The minimum Gasteiger partial charge on any atom is -0.451 e. The van der Waals surface area contributed by atoms with Gasteiger partial charge in [0.2, 0.25) is 5.78 Å². The number of carbonyl (C=O) groups is 3. The molecule has 2 rings (SSSR count). The summed E-state index contributed by atoms with van der Waals surface area (Å²) in [4.78, 5) is 39.0. The summed E-state index contributed by atoms with van der Waals surface area (Å²) < 4.78 is 6.66. The van der Waals surface area contributed by atoms with Crippen LogP contribution >= 0.6 is 0 Å². The van der Waals surface area contributed by atoms with Gasteiger partial charge in [-0.2, -0.15) is 5.10 Å². The molecule has 0 amide bonds. The highest BCUT2D eigenvalue weighted by Crippen LogP contribution is 2.20. The van der Waals surface area contributed by atoms with Crippen molar-refractivity contribution in [2.45, 2.75) is 33.8 Å². The van der Waals surface area contributed by atoms with Crippen LogP contribution in [0.25, 0.3) is 0 Å². The highest BCUT2D eigenvalue weighted by atomic mass is 16.5. The van der Waals surface area contributed by atoms with Gasteiger partial charge in [0.25, 0.3) is 0 Å². The minimum atomic E-state index is -0.973. The Hall–Kier alpha value is -2.70. The molecule has 0 aromatic carbocycles. The molecule has 2 aromatic rings. The molecule has 7 nitrogen and oxygen atoms in total. The molecule has 1 atom stereocenters. The van der Waals surface area contributed by atoms with Gasteiger partial charge in [-0.25, -0.2) is 4.79 Å². The first-order valence-corrected chi connectivity index (χ1v) is 7.16. The van der Waals surface area contributed by atoms with E-state index in [2.05, 4.69) is 10.1 Å². The van der Waals surface area contributed by atoms with Gasteiger partial charge in [0.15, 0.2) is 11.9 Å². The number of esters is 1. The highest BCUT2D eigenvalue weighted by molar-refractivity contribution is 6.05. The maximum Gasteiger partial charge on any atom is 0.342 e. The van der Waals surface area contributed by atoms with Crippen LogP contribution in [-0.2, 0) is 11.8 Å². The largest absolute Gasteiger partial charge is 0.451 e. The van der Waals surface area contributed by atoms with Gasteiger partial charge in [0.1, 0.15) is 0 Å². The van der Waals surface area contributed by atoms with Gasteiger partial charge < -0.3 is 9.72 Å². The molecular weight excluding hydrogens is 298 g/mol. The smallest absolute Gasteiger partial charge is 0.342 e. The van der Waals surface area contributed by atoms with Gasteiger partial charge in [-0.1, -0.05) is 0 Å². The molecule has 0 aliphatic heterocycles. The first kappa shape index (κ1) is 16.7. The summed E-state index contributed by atoms with van der Waals surface area (Å²) in [6.07, 6.45) is 1.91. The molecule has 0 unspecified atom stereocenters. The maximum absolute atomic E-state index is 12.5. The summed E-state index contributed by atoms with van der Waals surface area (Å²) in [7, 11) is 1.68. The molecule has 2 heterocycles. The normalized spacial score (nSPS) is 12.0. The number of aromatic nitrogens is 3. The fraction of sp³-hybridized carbons (Fsp3) is 0.375. The van der Waals surface area contributed by atoms with Crippen LogP contribution < -0.4 is 0 Å². The van der Waals surface area contributed by atoms with Crippen molar-refractivity contribution in [3.63, 3.8) is 0 Å². The second-order valence-corrected chi connectivity index (χ2v) is 5.50. The maximum atomic E-state index is 12.5. The van der Waals surface area contributed by atoms with Crippen LogP contribution in [0.15, 0.2) is 12.4 Å². The van der Waals surface area contributed by atoms with E-state index in [1.807, 2.05) is 0 Å². The summed E-state index contributed by atoms with van der Waals surface area (Å²) >= 11 is 0. The van der Waals surface area contributed by atoms with Crippen molar-refractivity contribution < 1.29 is 19.1 Å². The Morgan fingerprint density at radius 1 is 1.30 bits per heavy atom. The Labute approximate surface area is 133 Å². The number of aryl methyl sites for hydroxylation is 2. The van der Waals surface area contributed by atoms with E-state index >= 15 is 0 Å². The minimum absolute atomic E-state index is 0.115. The van der Waals surface area contributed by atoms with Crippen LogP contribution in [0.2, 0.25) is 0 Å². The lowest BCUT2D eigenvalue weighted by Gasteiger charge is -2.11. The Morgan fingerprint density at radius 2 is 1.96 bits per heavy atom. The van der Waals surface area contributed by atoms with Crippen molar-refractivity contribution in [2.24, 2.45) is 7.05 Å². The molecule has 122 valence electrons. The van der Waals surface area contributed by atoms with E-state index in [-0.39, 0.29) is 17.1 Å². The molecule has 0 radical (unpaired) electrons. The topological polar surface area (TPSA) is 94.0 Å². The summed E-state index contributed by atoms with van der Waals surface area (Å²) in [5.74, 6) is -1.11. The molecule has 0 fully saturated rings. The summed E-state index contributed by atoms with van der Waals surface area (Å²) in [6.45, 7) is 6.37. The monoisotopic (exact) mass is 317 g/mol. The zero-order valence-corrected chi connectivity index (χ0v) is 13.8. The quantitative estimate of drug-likeness (QED) is 0.672. The zero-order chi connectivity index (χ0) is 17.3. The number of hydrogen-bond acceptors (Lipinski definition) is 5. The number of Topliss-reactive ketones (excluding diaryl/α,β-unsaturated/α-hetero) is 2. The predicted octanol–water partition coefficient (Wildman–Crippen LogP) is 2.00. The number of carbonyl (C=O) groups excluding carboxylic acids is 3. The third-order valence-electron chi connectivity index (χ3n) is 3.63. The Morgan fingerprint density at radius 3 is 2.43 bits per heavy atom. The number of nitrogens with one attached hydrogen (secondary N) is 1. The summed E-state index contributed by atoms with van der Waals surface area (Å²) in [6, 6.07) is 0. The standard InChI is InChI=1S/C16H19N3O4/c1-8-13(10(3)20)9(2)18-14(8)15(21)11(4)23-16(22)12-6-17-19(5)7-12/h6-7,11,18H,1-5H3/t11-/m1/s1. The van der Waals surface area contributed by atoms with Crippen molar-refractivity contribution in [1.29, 1.82) is 0 Å². The Balaban J connectivity index is 2.19. The van der Waals surface area contributed by atoms with E-state index in [0.29, 0.717) is 22.5 Å². The van der Waals surface area contributed by atoms with Crippen LogP contribution in [0.1, 0.15) is 56.3 Å². The van der Waals surface area contributed by atoms with Crippen LogP contribution in [0.3, 0.4) is 0 Å². The number of nitrogens with zero attached hydrogens (tertiary/aromatic N) is 2. The number of ether oxygens (including phenoxy) is 1. The summed E-state index contributed by atoms with van der Waals surface area (Å²) in [5, 5.41) is 3.88. The number of rotatable bonds is 5. The average molecular weight is 317 g/mol. The number of hydrogen-bond donors (Lipinski definition) is 1. The summed E-state index contributed by atoms with van der Waals surface area (Å²) in [5.41, 5.74) is 2.27. The fourth-order valence-corrected chi connectivity index (χ4v) is 2.54. The van der Waals surface area contributed by atoms with Gasteiger partial charge in [-0.3, -0.25) is 14.3 Å². The van der Waals surface area contributed by atoms with Gasteiger partial charge in [0.05, 0.1) is 17.5 Å². The highest BCUT2D eigenvalue weighted by Gasteiger charge is 2.26. The van der Waals surface area contributed by atoms with Gasteiger partial charge in [-0.05, 0) is 33.3 Å². The van der Waals surface area contributed by atoms with Crippen LogP contribution in [-0.4, -0.2) is 38.4 Å². The van der Waals surface area contributed by atoms with Crippen molar-refractivity contribution in [1.82, 2.24) is 14.8 Å². The lowest BCUT2D eigenvalue weighted by atomic mass is 10.0. The molecule has 0 spiro atoms. The first-order chi connectivity index (χ1) is 10.7. The molecule has 0 aliphatic carbocycles. The van der Waals surface area contributed by atoms with E-state index in [9.17, 15) is 14.4 Å². The molecule has 23 heavy (non-hydrogen) atoms. The molecule has 1 N–H and O–H groups in total. The van der Waals surface area contributed by atoms with Crippen molar-refractivity contribution in [3.8, 4) is 0 Å². The number of H-pyrrole nitrogens is 1. The second kappa shape index (κ2) is 6.20. The predicted molar refractivity (Wildman–Crippen MR) is 82.7 cm³/mol. The molecular formula is C16H19N3O4. The Bertz CT molecular complexity index is 785. The average Bonchev–Trinajstić information content (AvgIpc) is 3.01. The lowest BCUT2D eigenvalue weighted by molar-refractivity contribution is 0.0317. The first-order valence-electron chi connectivity index (χ1n) is 7.16. The van der Waals surface area contributed by atoms with E-state index in [4.69, 9.17) is 4.74 Å². The molecule has 0 aliphatic rings. The Kier molecular flexibility index (Phi) is 4.49.